The first-order chi connectivity index (χ1) is 6.68. The van der Waals surface area contributed by atoms with Crippen molar-refractivity contribution in [2.75, 3.05) is 0 Å². The van der Waals surface area contributed by atoms with Crippen LogP contribution in [0.2, 0.25) is 0 Å². The van der Waals surface area contributed by atoms with Crippen LogP contribution in [0.3, 0.4) is 0 Å². The topological polar surface area (TPSA) is 63.1 Å². The summed E-state index contributed by atoms with van der Waals surface area (Å²) in [6, 6.07) is 3.75. The molecule has 1 aromatic heterocycles. The van der Waals surface area contributed by atoms with E-state index in [0.29, 0.717) is 5.52 Å². The molecular weight excluding hydrogens is 187 g/mol. The first-order valence-electron chi connectivity index (χ1n) is 3.82. The Labute approximate surface area is 78.0 Å². The van der Waals surface area contributed by atoms with E-state index in [2.05, 4.69) is 9.97 Å². The number of carbonyl (C=O) groups is 1. The standard InChI is InChI=1S/C9H5FN2O2/c10-5-1-2-7-6(3-5)8(9(13)14)12-4-11-7/h1-4H,(H,13,14). The Morgan fingerprint density at radius 3 is 2.86 bits per heavy atom. The number of hydrogen-bond acceptors (Lipinski definition) is 3. The fourth-order valence-corrected chi connectivity index (χ4v) is 1.20. The first kappa shape index (κ1) is 8.55. The molecular formula is C9H5FN2O2. The molecule has 0 atom stereocenters. The average molecular weight is 192 g/mol. The Balaban J connectivity index is 2.84. The number of aromatic nitrogens is 2. The van der Waals surface area contributed by atoms with Crippen molar-refractivity contribution in [2.24, 2.45) is 0 Å². The van der Waals surface area contributed by atoms with Gasteiger partial charge in [-0.1, -0.05) is 0 Å². The molecule has 0 bridgehead atoms. The van der Waals surface area contributed by atoms with E-state index in [1.54, 1.807) is 0 Å². The van der Waals surface area contributed by atoms with Crippen molar-refractivity contribution < 1.29 is 14.3 Å². The van der Waals surface area contributed by atoms with Crippen LogP contribution in [0.15, 0.2) is 24.5 Å². The summed E-state index contributed by atoms with van der Waals surface area (Å²) in [6.07, 6.45) is 1.14. The van der Waals surface area contributed by atoms with E-state index in [1.807, 2.05) is 0 Å². The van der Waals surface area contributed by atoms with E-state index in [-0.39, 0.29) is 11.1 Å². The molecule has 0 aliphatic rings. The predicted molar refractivity (Wildman–Crippen MR) is 46.5 cm³/mol. The van der Waals surface area contributed by atoms with Gasteiger partial charge in [-0.15, -0.1) is 0 Å². The van der Waals surface area contributed by atoms with Gasteiger partial charge in [0.1, 0.15) is 12.1 Å². The zero-order valence-electron chi connectivity index (χ0n) is 6.94. The van der Waals surface area contributed by atoms with Gasteiger partial charge in [-0.2, -0.15) is 0 Å². The number of halogens is 1. The van der Waals surface area contributed by atoms with Gasteiger partial charge in [0.2, 0.25) is 0 Å². The summed E-state index contributed by atoms with van der Waals surface area (Å²) in [5, 5.41) is 8.97. The molecule has 5 heteroatoms. The third kappa shape index (κ3) is 1.28. The minimum atomic E-state index is -1.19. The molecule has 4 nitrogen and oxygen atoms in total. The second kappa shape index (κ2) is 3.02. The Bertz CT molecular complexity index is 513. The van der Waals surface area contributed by atoms with Gasteiger partial charge in [-0.25, -0.2) is 19.2 Å². The number of aromatic carboxylic acids is 1. The van der Waals surface area contributed by atoms with Gasteiger partial charge in [0.05, 0.1) is 5.52 Å². The molecule has 0 saturated heterocycles. The summed E-state index contributed by atoms with van der Waals surface area (Å²) < 4.78 is 12.8. The Hall–Kier alpha value is -2.04. The van der Waals surface area contributed by atoms with Crippen molar-refractivity contribution in [1.82, 2.24) is 9.97 Å². The Morgan fingerprint density at radius 2 is 2.14 bits per heavy atom. The quantitative estimate of drug-likeness (QED) is 0.743. The molecule has 0 amide bonds. The van der Waals surface area contributed by atoms with Crippen molar-refractivity contribution in [1.29, 1.82) is 0 Å². The van der Waals surface area contributed by atoms with E-state index in [9.17, 15) is 9.18 Å². The second-order valence-corrected chi connectivity index (χ2v) is 2.69. The van der Waals surface area contributed by atoms with Crippen molar-refractivity contribution in [3.63, 3.8) is 0 Å². The maximum absolute atomic E-state index is 12.8. The normalized spacial score (nSPS) is 10.4. The SMILES string of the molecule is O=C(O)c1ncnc2ccc(F)cc12. The number of nitrogens with zero attached hydrogens (tertiary/aromatic N) is 2. The largest absolute Gasteiger partial charge is 0.476 e. The van der Waals surface area contributed by atoms with Gasteiger partial charge in [0.25, 0.3) is 0 Å². The maximum atomic E-state index is 12.8. The first-order valence-corrected chi connectivity index (χ1v) is 3.82. The van der Waals surface area contributed by atoms with Gasteiger partial charge >= 0.3 is 5.97 Å². The number of fused-ring (bicyclic) bond motifs is 1. The van der Waals surface area contributed by atoms with E-state index in [1.165, 1.54) is 12.1 Å². The lowest BCUT2D eigenvalue weighted by molar-refractivity contribution is 0.0692. The summed E-state index contributed by atoms with van der Waals surface area (Å²) in [5.41, 5.74) is 0.230. The highest BCUT2D eigenvalue weighted by atomic mass is 19.1. The number of carboxylic acids is 1. The minimum absolute atomic E-state index is 0.186. The molecule has 0 spiro atoms. The van der Waals surface area contributed by atoms with Gasteiger partial charge < -0.3 is 5.11 Å². The van der Waals surface area contributed by atoms with Crippen LogP contribution in [0.25, 0.3) is 10.9 Å². The number of rotatable bonds is 1. The molecule has 2 aromatic rings. The molecule has 1 N–H and O–H groups in total. The minimum Gasteiger partial charge on any atom is -0.476 e. The zero-order chi connectivity index (χ0) is 10.1. The molecule has 1 aromatic carbocycles. The molecule has 0 aliphatic heterocycles. The smallest absolute Gasteiger partial charge is 0.355 e. The Morgan fingerprint density at radius 1 is 1.36 bits per heavy atom. The lowest BCUT2D eigenvalue weighted by atomic mass is 10.2. The summed E-state index contributed by atoms with van der Waals surface area (Å²) >= 11 is 0. The molecule has 2 rings (SSSR count). The molecule has 0 fully saturated rings. The van der Waals surface area contributed by atoms with Crippen molar-refractivity contribution >= 4 is 16.9 Å². The van der Waals surface area contributed by atoms with Crippen LogP contribution in [-0.4, -0.2) is 21.0 Å². The van der Waals surface area contributed by atoms with Crippen LogP contribution in [0.4, 0.5) is 4.39 Å². The van der Waals surface area contributed by atoms with Gasteiger partial charge in [0.15, 0.2) is 5.69 Å². The summed E-state index contributed by atoms with van der Waals surface area (Å²) in [5.74, 6) is -1.70. The van der Waals surface area contributed by atoms with Crippen molar-refractivity contribution in [2.45, 2.75) is 0 Å². The maximum Gasteiger partial charge on any atom is 0.355 e. The zero-order valence-corrected chi connectivity index (χ0v) is 6.94. The molecule has 1 heterocycles. The highest BCUT2D eigenvalue weighted by Crippen LogP contribution is 2.15. The monoisotopic (exact) mass is 192 g/mol. The second-order valence-electron chi connectivity index (χ2n) is 2.69. The fourth-order valence-electron chi connectivity index (χ4n) is 1.20. The van der Waals surface area contributed by atoms with Crippen LogP contribution >= 0.6 is 0 Å². The average Bonchev–Trinajstić information content (AvgIpc) is 2.16. The molecule has 0 saturated carbocycles. The van der Waals surface area contributed by atoms with Crippen LogP contribution in [0.1, 0.15) is 10.5 Å². The number of carboxylic acid groups (broad SMARTS) is 1. The van der Waals surface area contributed by atoms with Crippen molar-refractivity contribution in [3.05, 3.63) is 36.0 Å². The van der Waals surface area contributed by atoms with Crippen molar-refractivity contribution in [3.8, 4) is 0 Å². The summed E-state index contributed by atoms with van der Waals surface area (Å²) in [6.45, 7) is 0. The third-order valence-electron chi connectivity index (χ3n) is 1.80. The summed E-state index contributed by atoms with van der Waals surface area (Å²) in [4.78, 5) is 18.1. The lowest BCUT2D eigenvalue weighted by Gasteiger charge is -1.99. The highest BCUT2D eigenvalue weighted by molar-refractivity contribution is 6.00. The van der Waals surface area contributed by atoms with Crippen LogP contribution in [0.5, 0.6) is 0 Å². The predicted octanol–water partition coefficient (Wildman–Crippen LogP) is 1.47. The van der Waals surface area contributed by atoms with Gasteiger partial charge in [0, 0.05) is 5.39 Å². The third-order valence-corrected chi connectivity index (χ3v) is 1.80. The van der Waals surface area contributed by atoms with Crippen LogP contribution < -0.4 is 0 Å². The number of hydrogen-bond donors (Lipinski definition) is 1. The Kier molecular flexibility index (Phi) is 1.85. The van der Waals surface area contributed by atoms with Gasteiger partial charge in [-0.3, -0.25) is 0 Å². The van der Waals surface area contributed by atoms with E-state index in [0.717, 1.165) is 12.4 Å². The highest BCUT2D eigenvalue weighted by Gasteiger charge is 2.10. The van der Waals surface area contributed by atoms with Gasteiger partial charge in [-0.05, 0) is 18.2 Å². The molecule has 0 aliphatic carbocycles. The molecule has 14 heavy (non-hydrogen) atoms. The number of benzene rings is 1. The fraction of sp³-hybridized carbons (Fsp3) is 0. The molecule has 0 unspecified atom stereocenters. The van der Waals surface area contributed by atoms with Crippen LogP contribution in [0, 0.1) is 5.82 Å². The van der Waals surface area contributed by atoms with Crippen LogP contribution in [-0.2, 0) is 0 Å². The summed E-state index contributed by atoms with van der Waals surface area (Å²) in [7, 11) is 0. The van der Waals surface area contributed by atoms with E-state index < -0.39 is 11.8 Å². The van der Waals surface area contributed by atoms with E-state index >= 15 is 0 Å². The molecule has 0 radical (unpaired) electrons. The van der Waals surface area contributed by atoms with E-state index in [4.69, 9.17) is 5.11 Å². The molecule has 70 valence electrons. The lowest BCUT2D eigenvalue weighted by Crippen LogP contribution is -2.02.